The molecule has 248 valence electrons. The lowest BCUT2D eigenvalue weighted by atomic mass is 10.0. The van der Waals surface area contributed by atoms with Gasteiger partial charge < -0.3 is 25.2 Å². The number of nitrogens with one attached hydrogen (secondary N) is 2. The minimum absolute atomic E-state index is 0.460. The first-order valence-corrected chi connectivity index (χ1v) is 19.2. The molecule has 2 aromatic carbocycles. The molecule has 2 saturated heterocycles. The van der Waals surface area contributed by atoms with Gasteiger partial charge in [0, 0.05) is 92.2 Å². The van der Waals surface area contributed by atoms with Crippen LogP contribution in [0.5, 0.6) is 5.75 Å². The van der Waals surface area contributed by atoms with Gasteiger partial charge in [0.05, 0.1) is 23.8 Å². The molecule has 0 bridgehead atoms. The van der Waals surface area contributed by atoms with Crippen molar-refractivity contribution in [3.05, 3.63) is 60.6 Å². The van der Waals surface area contributed by atoms with Crippen LogP contribution in [0.2, 0.25) is 0 Å². The summed E-state index contributed by atoms with van der Waals surface area (Å²) in [6.45, 7) is 17.7. The molecule has 6 rings (SSSR count). The minimum Gasteiger partial charge on any atom is -0.494 e. The third-order valence-electron chi connectivity index (χ3n) is 9.34. The number of piperidine rings is 1. The lowest BCUT2D eigenvalue weighted by Gasteiger charge is -2.43. The van der Waals surface area contributed by atoms with Gasteiger partial charge in [-0.1, -0.05) is 19.8 Å². The van der Waals surface area contributed by atoms with E-state index in [1.54, 1.807) is 19.5 Å². The zero-order valence-corrected chi connectivity index (χ0v) is 29.6. The molecule has 0 saturated carbocycles. The Kier molecular flexibility index (Phi) is 9.55. The Morgan fingerprint density at radius 2 is 1.68 bits per heavy atom. The van der Waals surface area contributed by atoms with E-state index in [9.17, 15) is 0 Å². The van der Waals surface area contributed by atoms with Gasteiger partial charge in [0.25, 0.3) is 0 Å². The van der Waals surface area contributed by atoms with E-state index >= 15 is 0 Å². The van der Waals surface area contributed by atoms with Crippen molar-refractivity contribution < 1.29 is 4.74 Å². The molecule has 0 atom stereocenters. The maximum atomic E-state index is 5.91. The molecule has 2 aromatic heterocycles. The van der Waals surface area contributed by atoms with Gasteiger partial charge in [0.1, 0.15) is 11.6 Å². The van der Waals surface area contributed by atoms with E-state index in [2.05, 4.69) is 92.6 Å². The van der Waals surface area contributed by atoms with Crippen molar-refractivity contribution >= 4 is 63.9 Å². The van der Waals surface area contributed by atoms with Crippen molar-refractivity contribution in [2.75, 3.05) is 82.3 Å². The lowest BCUT2D eigenvalue weighted by molar-refractivity contribution is 0.0982. The highest BCUT2D eigenvalue weighted by Crippen LogP contribution is 2.41. The fourth-order valence-corrected chi connectivity index (χ4v) is 8.31. The Bertz CT molecular complexity index is 1820. The first kappa shape index (κ1) is 32.9. The summed E-state index contributed by atoms with van der Waals surface area (Å²) in [5.74, 6) is 1.87. The standard InChI is InChI=1S/C36H48N9OP/c1-24(2)27-23-39-36(42-35(27)40-29-10-9-28-33(38-14-13-37-28)34(29)47(6,7)8)41-30-21-25(3)31(22-32(30)46-5)45-15-11-26(12-16-45)44-19-17-43(4)18-20-44/h9-10,13-14,21-23,26H,1,6,11-12,15-20H2,2-5,7-8H3,(H2,39,40,41,42). The number of rotatable bonds is 9. The summed E-state index contributed by atoms with van der Waals surface area (Å²) in [7, 11) is 3.93. The van der Waals surface area contributed by atoms with Crippen molar-refractivity contribution in [3.8, 4) is 5.75 Å². The Balaban J connectivity index is 1.25. The summed E-state index contributed by atoms with van der Waals surface area (Å²) in [4.78, 5) is 26.4. The van der Waals surface area contributed by atoms with Gasteiger partial charge >= 0.3 is 0 Å². The predicted octanol–water partition coefficient (Wildman–Crippen LogP) is 5.81. The van der Waals surface area contributed by atoms with Crippen LogP contribution >= 0.6 is 6.89 Å². The third kappa shape index (κ3) is 7.15. The van der Waals surface area contributed by atoms with E-state index in [-0.39, 0.29) is 0 Å². The number of ether oxygens (including phenoxy) is 1. The summed E-state index contributed by atoms with van der Waals surface area (Å²) >= 11 is 0. The highest BCUT2D eigenvalue weighted by Gasteiger charge is 2.28. The molecule has 2 fully saturated rings. The molecule has 0 spiro atoms. The van der Waals surface area contributed by atoms with Crippen molar-refractivity contribution in [2.45, 2.75) is 32.7 Å². The fourth-order valence-electron chi connectivity index (χ4n) is 6.78. The van der Waals surface area contributed by atoms with Gasteiger partial charge in [-0.05, 0) is 76.4 Å². The SMILES string of the molecule is C=C(C)c1cnc(Nc2cc(C)c(N3CCC(N4CCN(C)CC4)CC3)cc2OC)nc1Nc1ccc2nccnc2c1P(=C)(C)C. The second-order valence-corrected chi connectivity index (χ2v) is 17.3. The van der Waals surface area contributed by atoms with Crippen molar-refractivity contribution in [3.63, 3.8) is 0 Å². The summed E-state index contributed by atoms with van der Waals surface area (Å²) < 4.78 is 5.91. The van der Waals surface area contributed by atoms with Crippen molar-refractivity contribution in [1.82, 2.24) is 29.7 Å². The van der Waals surface area contributed by atoms with Gasteiger partial charge in [-0.25, -0.2) is 4.98 Å². The number of aromatic nitrogens is 4. The highest BCUT2D eigenvalue weighted by molar-refractivity contribution is 7.80. The monoisotopic (exact) mass is 653 g/mol. The molecule has 2 aliphatic rings. The van der Waals surface area contributed by atoms with Crippen LogP contribution in [-0.2, 0) is 0 Å². The molecule has 4 aromatic rings. The topological polar surface area (TPSA) is 94.6 Å². The molecule has 4 heterocycles. The second kappa shape index (κ2) is 13.6. The number of hydrogen-bond acceptors (Lipinski definition) is 10. The number of allylic oxidation sites excluding steroid dienone is 1. The molecule has 0 aliphatic carbocycles. The highest BCUT2D eigenvalue weighted by atomic mass is 31.2. The fraction of sp³-hybridized carbons (Fsp3) is 0.417. The predicted molar refractivity (Wildman–Crippen MR) is 200 cm³/mol. The second-order valence-electron chi connectivity index (χ2n) is 13.5. The molecule has 11 heteroatoms. The van der Waals surface area contributed by atoms with Crippen LogP contribution in [0.15, 0.2) is 49.4 Å². The van der Waals surface area contributed by atoms with Gasteiger partial charge in [0.15, 0.2) is 0 Å². The largest absolute Gasteiger partial charge is 0.494 e. The van der Waals surface area contributed by atoms with Crippen LogP contribution in [0.3, 0.4) is 0 Å². The number of aryl methyl sites for hydroxylation is 1. The van der Waals surface area contributed by atoms with E-state index in [1.807, 2.05) is 25.3 Å². The average molecular weight is 654 g/mol. The van der Waals surface area contributed by atoms with Crippen LogP contribution in [0.1, 0.15) is 30.9 Å². The molecular weight excluding hydrogens is 605 g/mol. The van der Waals surface area contributed by atoms with Crippen LogP contribution in [0, 0.1) is 6.92 Å². The van der Waals surface area contributed by atoms with E-state index in [0.717, 1.165) is 70.8 Å². The Morgan fingerprint density at radius 1 is 0.957 bits per heavy atom. The molecule has 10 nitrogen and oxygen atoms in total. The lowest BCUT2D eigenvalue weighted by Crippen LogP contribution is -2.52. The maximum absolute atomic E-state index is 5.91. The van der Waals surface area contributed by atoms with Crippen LogP contribution in [-0.4, -0.2) is 109 Å². The Hall–Kier alpha value is -3.98. The molecule has 0 radical (unpaired) electrons. The zero-order valence-electron chi connectivity index (χ0n) is 28.7. The minimum atomic E-state index is -1.76. The summed E-state index contributed by atoms with van der Waals surface area (Å²) in [6, 6.07) is 8.98. The first-order chi connectivity index (χ1) is 22.5. The number of benzene rings is 2. The average Bonchev–Trinajstić information content (AvgIpc) is 3.05. The number of likely N-dealkylation sites (N-methyl/N-ethyl adjacent to an activating group) is 1. The maximum Gasteiger partial charge on any atom is 0.229 e. The normalized spacial score (nSPS) is 16.8. The van der Waals surface area contributed by atoms with Crippen molar-refractivity contribution in [1.29, 1.82) is 0 Å². The van der Waals surface area contributed by atoms with Crippen molar-refractivity contribution in [2.24, 2.45) is 0 Å². The molecule has 47 heavy (non-hydrogen) atoms. The van der Waals surface area contributed by atoms with Gasteiger partial charge in [-0.15, -0.1) is 0 Å². The summed E-state index contributed by atoms with van der Waals surface area (Å²) in [5, 5.41) is 8.11. The smallest absolute Gasteiger partial charge is 0.229 e. The van der Waals surface area contributed by atoms with Crippen LogP contribution in [0.25, 0.3) is 16.6 Å². The number of nitrogens with zero attached hydrogens (tertiary/aromatic N) is 7. The number of hydrogen-bond donors (Lipinski definition) is 2. The third-order valence-corrected chi connectivity index (χ3v) is 11.0. The molecule has 0 unspecified atom stereocenters. The van der Waals surface area contributed by atoms with Gasteiger partial charge in [-0.3, -0.25) is 14.9 Å². The number of fused-ring (bicyclic) bond motifs is 1. The molecule has 0 amide bonds. The van der Waals surface area contributed by atoms with E-state index in [1.165, 1.54) is 37.2 Å². The van der Waals surface area contributed by atoms with E-state index in [4.69, 9.17) is 9.72 Å². The number of anilines is 5. The molecule has 2 aliphatic heterocycles. The van der Waals surface area contributed by atoms with Gasteiger partial charge in [-0.2, -0.15) is 4.98 Å². The summed E-state index contributed by atoms with van der Waals surface area (Å²) in [6.07, 6.45) is 12.2. The van der Waals surface area contributed by atoms with Crippen LogP contribution < -0.4 is 25.6 Å². The Labute approximate surface area is 279 Å². The molecule has 2 N–H and O–H groups in total. The first-order valence-electron chi connectivity index (χ1n) is 16.4. The molecular formula is C36H48N9OP. The van der Waals surface area contributed by atoms with E-state index < -0.39 is 6.89 Å². The van der Waals surface area contributed by atoms with Gasteiger partial charge in [0.2, 0.25) is 5.95 Å². The quantitative estimate of drug-likeness (QED) is 0.216. The number of methoxy groups -OCH3 is 1. The summed E-state index contributed by atoms with van der Waals surface area (Å²) in [5.41, 5.74) is 7.54. The van der Waals surface area contributed by atoms with Crippen LogP contribution in [0.4, 0.5) is 28.8 Å². The Morgan fingerprint density at radius 3 is 2.36 bits per heavy atom. The zero-order chi connectivity index (χ0) is 33.3. The van der Waals surface area contributed by atoms with E-state index in [0.29, 0.717) is 17.8 Å². The number of piperazine rings is 1.